The third-order valence-electron chi connectivity index (χ3n) is 6.91. The number of esters is 1. The molecule has 5 atom stereocenters. The van der Waals surface area contributed by atoms with Crippen LogP contribution < -0.4 is 0 Å². The highest BCUT2D eigenvalue weighted by Crippen LogP contribution is 2.41. The highest BCUT2D eigenvalue weighted by atomic mass is 19.4. The molecule has 1 aliphatic rings. The van der Waals surface area contributed by atoms with Crippen molar-refractivity contribution < 1.29 is 32.9 Å². The lowest BCUT2D eigenvalue weighted by atomic mass is 9.84. The number of hydrogen-bond donors (Lipinski definition) is 2. The number of unbranched alkanes of at least 4 members (excludes halogenated alkanes) is 3. The summed E-state index contributed by atoms with van der Waals surface area (Å²) >= 11 is 0. The Morgan fingerprint density at radius 1 is 1.15 bits per heavy atom. The summed E-state index contributed by atoms with van der Waals surface area (Å²) in [7, 11) is 1.36. The zero-order chi connectivity index (χ0) is 25.1. The van der Waals surface area contributed by atoms with Crippen molar-refractivity contribution in [2.24, 2.45) is 17.0 Å². The molecule has 0 aliphatic heterocycles. The van der Waals surface area contributed by atoms with Crippen LogP contribution in [0, 0.1) is 16.7 Å². The molecule has 1 aromatic rings. The lowest BCUT2D eigenvalue weighted by Crippen LogP contribution is -2.23. The highest BCUT2D eigenvalue weighted by molar-refractivity contribution is 5.68. The number of nitrogens with zero attached hydrogens (tertiary/aromatic N) is 1. The molecule has 0 aromatic heterocycles. The maximum atomic E-state index is 12.9. The Labute approximate surface area is 198 Å². The molecule has 1 aliphatic carbocycles. The Kier molecular flexibility index (Phi) is 11.4. The summed E-state index contributed by atoms with van der Waals surface area (Å²) in [5.74, 6) is -0.414. The lowest BCUT2D eigenvalue weighted by molar-refractivity contribution is -0.140. The van der Waals surface area contributed by atoms with Crippen LogP contribution in [0.4, 0.5) is 13.2 Å². The first-order valence-electron chi connectivity index (χ1n) is 12.1. The third kappa shape index (κ3) is 8.98. The summed E-state index contributed by atoms with van der Waals surface area (Å²) in [5.41, 5.74) is -0.185. The monoisotopic (exact) mass is 487 g/mol. The second-order valence-electron chi connectivity index (χ2n) is 9.30. The standard InChI is InChI=1S/C25H36F3NO5/c1-34-24(32)10-5-3-2-4-9-21-20(22(29-33)16-23(21)31)14-13-19(30)12-11-17-7-6-8-18(15-17)25(26,27)28/h6-8,15,19-23,30-31H,2-5,9-14,16H2,1H3. The molecule has 9 heteroatoms. The molecule has 1 saturated carbocycles. The zero-order valence-electron chi connectivity index (χ0n) is 19.7. The van der Waals surface area contributed by atoms with Crippen LogP contribution in [0.5, 0.6) is 0 Å². The van der Waals surface area contributed by atoms with Gasteiger partial charge in [-0.05, 0) is 68.4 Å². The smallest absolute Gasteiger partial charge is 0.416 e. The fourth-order valence-electron chi connectivity index (χ4n) is 4.97. The number of aryl methyl sites for hydroxylation is 1. The van der Waals surface area contributed by atoms with E-state index in [2.05, 4.69) is 9.91 Å². The predicted octanol–water partition coefficient (Wildman–Crippen LogP) is 5.42. The molecule has 0 bridgehead atoms. The van der Waals surface area contributed by atoms with Crippen molar-refractivity contribution in [3.63, 3.8) is 0 Å². The number of aliphatic hydroxyl groups excluding tert-OH is 2. The van der Waals surface area contributed by atoms with Crippen LogP contribution in [0.15, 0.2) is 29.4 Å². The maximum Gasteiger partial charge on any atom is 0.416 e. The number of halogens is 3. The van der Waals surface area contributed by atoms with Crippen molar-refractivity contribution in [3.8, 4) is 0 Å². The molecule has 192 valence electrons. The number of nitroso groups, excluding NO2 is 1. The molecule has 6 nitrogen and oxygen atoms in total. The SMILES string of the molecule is COC(=O)CCCCCCC1C(O)CC(N=O)C1CCC(O)CCc1cccc(C(F)(F)F)c1. The molecular formula is C25H36F3NO5. The minimum atomic E-state index is -4.40. The van der Waals surface area contributed by atoms with E-state index in [9.17, 15) is 33.1 Å². The van der Waals surface area contributed by atoms with Gasteiger partial charge in [0.05, 0.1) is 30.9 Å². The number of methoxy groups -OCH3 is 1. The van der Waals surface area contributed by atoms with Gasteiger partial charge in [0.15, 0.2) is 0 Å². The maximum absolute atomic E-state index is 12.9. The fourth-order valence-corrected chi connectivity index (χ4v) is 4.97. The van der Waals surface area contributed by atoms with Crippen LogP contribution in [0.1, 0.15) is 75.3 Å². The van der Waals surface area contributed by atoms with Gasteiger partial charge in [0.2, 0.25) is 0 Å². The van der Waals surface area contributed by atoms with Gasteiger partial charge < -0.3 is 14.9 Å². The summed E-state index contributed by atoms with van der Waals surface area (Å²) in [4.78, 5) is 22.5. The fraction of sp³-hybridized carbons (Fsp3) is 0.720. The largest absolute Gasteiger partial charge is 0.469 e. The van der Waals surface area contributed by atoms with Crippen molar-refractivity contribution in [2.45, 2.75) is 95.1 Å². The van der Waals surface area contributed by atoms with E-state index in [0.717, 1.165) is 44.2 Å². The van der Waals surface area contributed by atoms with E-state index in [1.165, 1.54) is 13.2 Å². The normalized spacial score (nSPS) is 23.6. The first-order chi connectivity index (χ1) is 16.2. The van der Waals surface area contributed by atoms with Gasteiger partial charge in [-0.3, -0.25) is 4.79 Å². The van der Waals surface area contributed by atoms with Crippen LogP contribution in [0.3, 0.4) is 0 Å². The highest BCUT2D eigenvalue weighted by Gasteiger charge is 2.42. The molecule has 34 heavy (non-hydrogen) atoms. The van der Waals surface area contributed by atoms with Crippen LogP contribution in [-0.2, 0) is 22.1 Å². The number of aliphatic hydroxyl groups is 2. The van der Waals surface area contributed by atoms with Gasteiger partial charge in [-0.2, -0.15) is 18.1 Å². The first-order valence-corrected chi connectivity index (χ1v) is 12.1. The van der Waals surface area contributed by atoms with Gasteiger partial charge >= 0.3 is 12.1 Å². The number of benzene rings is 1. The van der Waals surface area contributed by atoms with Gasteiger partial charge in [-0.15, -0.1) is 0 Å². The van der Waals surface area contributed by atoms with E-state index in [-0.39, 0.29) is 17.8 Å². The Morgan fingerprint density at radius 2 is 1.88 bits per heavy atom. The quantitative estimate of drug-likeness (QED) is 0.207. The minimum absolute atomic E-state index is 0.0704. The molecule has 1 aromatic carbocycles. The minimum Gasteiger partial charge on any atom is -0.469 e. The van der Waals surface area contributed by atoms with Crippen LogP contribution >= 0.6 is 0 Å². The number of ether oxygens (including phenoxy) is 1. The van der Waals surface area contributed by atoms with Crippen molar-refractivity contribution in [1.82, 2.24) is 0 Å². The van der Waals surface area contributed by atoms with E-state index in [1.54, 1.807) is 6.07 Å². The second-order valence-corrected chi connectivity index (χ2v) is 9.30. The Bertz CT molecular complexity index is 773. The Morgan fingerprint density at radius 3 is 2.56 bits per heavy atom. The average Bonchev–Trinajstić information content (AvgIpc) is 3.12. The van der Waals surface area contributed by atoms with E-state index in [4.69, 9.17) is 0 Å². The zero-order valence-corrected chi connectivity index (χ0v) is 19.7. The van der Waals surface area contributed by atoms with E-state index in [1.807, 2.05) is 0 Å². The molecule has 1 fully saturated rings. The van der Waals surface area contributed by atoms with E-state index in [0.29, 0.717) is 44.1 Å². The van der Waals surface area contributed by atoms with Gasteiger partial charge in [0.25, 0.3) is 0 Å². The van der Waals surface area contributed by atoms with Gasteiger partial charge in [-0.25, -0.2) is 0 Å². The number of carbonyl (C=O) groups is 1. The van der Waals surface area contributed by atoms with Gasteiger partial charge in [0.1, 0.15) is 0 Å². The summed E-state index contributed by atoms with van der Waals surface area (Å²) < 4.78 is 43.2. The first kappa shape index (κ1) is 28.2. The van der Waals surface area contributed by atoms with Crippen molar-refractivity contribution in [2.75, 3.05) is 7.11 Å². The number of carbonyl (C=O) groups excluding carboxylic acids is 1. The summed E-state index contributed by atoms with van der Waals surface area (Å²) in [6.45, 7) is 0. The summed E-state index contributed by atoms with van der Waals surface area (Å²) in [5, 5.41) is 24.1. The Hall–Kier alpha value is -2.00. The van der Waals surface area contributed by atoms with E-state index < -0.39 is 30.0 Å². The Balaban J connectivity index is 1.79. The van der Waals surface area contributed by atoms with Gasteiger partial charge in [-0.1, -0.05) is 42.6 Å². The lowest BCUT2D eigenvalue weighted by Gasteiger charge is -2.24. The van der Waals surface area contributed by atoms with Crippen molar-refractivity contribution in [3.05, 3.63) is 40.3 Å². The molecule has 0 radical (unpaired) electrons. The molecule has 0 saturated heterocycles. The summed E-state index contributed by atoms with van der Waals surface area (Å²) in [6.07, 6.45) is 0.722. The molecule has 0 spiro atoms. The van der Waals surface area contributed by atoms with Crippen LogP contribution in [0.2, 0.25) is 0 Å². The van der Waals surface area contributed by atoms with Crippen LogP contribution in [0.25, 0.3) is 0 Å². The summed E-state index contributed by atoms with van der Waals surface area (Å²) in [6, 6.07) is 4.62. The van der Waals surface area contributed by atoms with Crippen molar-refractivity contribution >= 4 is 5.97 Å². The molecule has 5 unspecified atom stereocenters. The molecule has 2 rings (SSSR count). The van der Waals surface area contributed by atoms with Crippen LogP contribution in [-0.4, -0.2) is 41.5 Å². The van der Waals surface area contributed by atoms with Crippen molar-refractivity contribution in [1.29, 1.82) is 0 Å². The van der Waals surface area contributed by atoms with E-state index >= 15 is 0 Å². The second kappa shape index (κ2) is 13.8. The third-order valence-corrected chi connectivity index (χ3v) is 6.91. The predicted molar refractivity (Wildman–Crippen MR) is 122 cm³/mol. The molecule has 0 heterocycles. The molecule has 0 amide bonds. The topological polar surface area (TPSA) is 96.2 Å². The molecule has 2 N–H and O–H groups in total. The van der Waals surface area contributed by atoms with Gasteiger partial charge in [0, 0.05) is 6.42 Å². The average molecular weight is 488 g/mol. The number of hydrogen-bond acceptors (Lipinski definition) is 6. The molecular weight excluding hydrogens is 451 g/mol. The number of rotatable bonds is 14. The number of alkyl halides is 3.